The number of carbonyl (C=O) groups is 1. The van der Waals surface area contributed by atoms with Crippen LogP contribution in [0.25, 0.3) is 5.65 Å². The molecule has 1 aliphatic heterocycles. The number of rotatable bonds is 7. The first kappa shape index (κ1) is 30.0. The largest absolute Gasteiger partial charge is 0.416 e. The fourth-order valence-corrected chi connectivity index (χ4v) is 4.91. The molecule has 0 saturated carbocycles. The molecule has 1 aromatic carbocycles. The zero-order valence-electron chi connectivity index (χ0n) is 24.3. The van der Waals surface area contributed by atoms with E-state index in [0.29, 0.717) is 35.7 Å². The van der Waals surface area contributed by atoms with Crippen molar-refractivity contribution in [3.05, 3.63) is 82.9 Å². The van der Waals surface area contributed by atoms with Crippen molar-refractivity contribution in [1.29, 1.82) is 0 Å². The Bertz CT molecular complexity index is 1660. The van der Waals surface area contributed by atoms with Gasteiger partial charge in [-0.1, -0.05) is 18.9 Å². The number of nitrogens with one attached hydrogen (secondary N) is 1. The minimum atomic E-state index is -4.54. The Morgan fingerprint density at radius 2 is 1.77 bits per heavy atom. The van der Waals surface area contributed by atoms with Crippen LogP contribution in [0.15, 0.2) is 54.9 Å². The highest BCUT2D eigenvalue weighted by Gasteiger charge is 2.34. The number of nitrogens with zero attached hydrogens (tertiary/aromatic N) is 7. The molecule has 1 N–H and O–H groups in total. The first-order valence-electron chi connectivity index (χ1n) is 14.0. The van der Waals surface area contributed by atoms with Gasteiger partial charge in [-0.05, 0) is 54.4 Å². The Kier molecular flexibility index (Phi) is 8.94. The van der Waals surface area contributed by atoms with Crippen LogP contribution < -0.4 is 10.2 Å². The van der Waals surface area contributed by atoms with Gasteiger partial charge in [0.1, 0.15) is 11.5 Å². The van der Waals surface area contributed by atoms with Gasteiger partial charge in [0.15, 0.2) is 5.65 Å². The number of anilines is 2. The second-order valence-electron chi connectivity index (χ2n) is 10.6. The van der Waals surface area contributed by atoms with E-state index in [-0.39, 0.29) is 24.2 Å². The maximum absolute atomic E-state index is 14.0. The molecule has 1 saturated heterocycles. The zero-order valence-corrected chi connectivity index (χ0v) is 24.3. The molecule has 12 heteroatoms. The summed E-state index contributed by atoms with van der Waals surface area (Å²) in [6.45, 7) is 6.32. The van der Waals surface area contributed by atoms with Gasteiger partial charge in [-0.2, -0.15) is 13.2 Å². The zero-order chi connectivity index (χ0) is 30.6. The van der Waals surface area contributed by atoms with Crippen LogP contribution in [-0.2, 0) is 23.9 Å². The number of hydrogen-bond acceptors (Lipinski definition) is 7. The first-order valence-corrected chi connectivity index (χ1v) is 14.0. The Balaban J connectivity index is 1.26. The van der Waals surface area contributed by atoms with Crippen molar-refractivity contribution in [1.82, 2.24) is 29.4 Å². The normalized spacial score (nSPS) is 14.4. The first-order chi connectivity index (χ1) is 20.6. The molecule has 0 spiro atoms. The predicted octanol–water partition coefficient (Wildman–Crippen LogP) is 3.93. The summed E-state index contributed by atoms with van der Waals surface area (Å²) in [7, 11) is 3.79. The van der Waals surface area contributed by atoms with E-state index in [0.717, 1.165) is 31.5 Å². The number of benzene rings is 1. The maximum atomic E-state index is 14.0. The summed E-state index contributed by atoms with van der Waals surface area (Å²) in [5.74, 6) is 6.39. The van der Waals surface area contributed by atoms with E-state index in [1.807, 2.05) is 36.0 Å². The Morgan fingerprint density at radius 3 is 2.49 bits per heavy atom. The van der Waals surface area contributed by atoms with E-state index >= 15 is 0 Å². The van der Waals surface area contributed by atoms with Gasteiger partial charge in [0.05, 0.1) is 23.9 Å². The third-order valence-corrected chi connectivity index (χ3v) is 7.30. The molecule has 43 heavy (non-hydrogen) atoms. The molecule has 224 valence electrons. The number of hydrogen-bond donors (Lipinski definition) is 1. The van der Waals surface area contributed by atoms with E-state index in [4.69, 9.17) is 0 Å². The molecule has 4 aromatic rings. The average Bonchev–Trinajstić information content (AvgIpc) is 3.39. The average molecular weight is 591 g/mol. The van der Waals surface area contributed by atoms with E-state index in [2.05, 4.69) is 44.0 Å². The monoisotopic (exact) mass is 590 g/mol. The number of halogens is 3. The molecular weight excluding hydrogens is 557 g/mol. The maximum Gasteiger partial charge on any atom is 0.416 e. The van der Waals surface area contributed by atoms with Crippen LogP contribution in [0.3, 0.4) is 0 Å². The SMILES string of the molecule is CCN1CCN(Cc2ccc(NC(=O)Cc3cc(C#Cc4cnc5ccc(N(C)C)nn45)ccn3)cc2C(F)(F)F)CC1. The number of fused-ring (bicyclic) bond motifs is 1. The van der Waals surface area contributed by atoms with Crippen molar-refractivity contribution in [3.8, 4) is 11.8 Å². The van der Waals surface area contributed by atoms with E-state index in [9.17, 15) is 18.0 Å². The highest BCUT2D eigenvalue weighted by Crippen LogP contribution is 2.34. The minimum Gasteiger partial charge on any atom is -0.361 e. The lowest BCUT2D eigenvalue weighted by molar-refractivity contribution is -0.138. The molecule has 9 nitrogen and oxygen atoms in total. The number of amides is 1. The molecule has 0 aliphatic carbocycles. The summed E-state index contributed by atoms with van der Waals surface area (Å²) < 4.78 is 43.6. The second kappa shape index (κ2) is 12.8. The van der Waals surface area contributed by atoms with Crippen LogP contribution in [0.5, 0.6) is 0 Å². The standard InChI is InChI=1S/C31H33F3N8O/c1-4-40-13-15-41(16-14-40)21-23-6-7-24(18-27(23)31(32,33)34)37-30(43)19-25-17-22(11-12-35-25)5-8-26-20-36-28-9-10-29(39(2)3)38-42(26)28/h6-7,9-12,17-18,20H,4,13-16,19,21H2,1-3H3,(H,37,43). The molecule has 5 rings (SSSR count). The summed E-state index contributed by atoms with van der Waals surface area (Å²) in [6, 6.07) is 11.1. The summed E-state index contributed by atoms with van der Waals surface area (Å²) in [4.78, 5) is 27.5. The Morgan fingerprint density at radius 1 is 1.00 bits per heavy atom. The third kappa shape index (κ3) is 7.49. The topological polar surface area (TPSA) is 81.9 Å². The molecule has 1 aliphatic rings. The van der Waals surface area contributed by atoms with Gasteiger partial charge < -0.3 is 15.1 Å². The lowest BCUT2D eigenvalue weighted by Gasteiger charge is -2.34. The van der Waals surface area contributed by atoms with Crippen molar-refractivity contribution >= 4 is 23.1 Å². The fourth-order valence-electron chi connectivity index (χ4n) is 4.91. The highest BCUT2D eigenvalue weighted by molar-refractivity contribution is 5.92. The molecule has 0 atom stereocenters. The van der Waals surface area contributed by atoms with Gasteiger partial charge in [-0.25, -0.2) is 9.50 Å². The lowest BCUT2D eigenvalue weighted by atomic mass is 10.0. The number of aromatic nitrogens is 4. The molecule has 0 unspecified atom stereocenters. The van der Waals surface area contributed by atoms with Crippen molar-refractivity contribution in [3.63, 3.8) is 0 Å². The van der Waals surface area contributed by atoms with Crippen LogP contribution in [0.2, 0.25) is 0 Å². The van der Waals surface area contributed by atoms with E-state index in [1.165, 1.54) is 12.1 Å². The molecule has 1 fully saturated rings. The summed E-state index contributed by atoms with van der Waals surface area (Å²) in [5, 5.41) is 7.14. The molecule has 0 bridgehead atoms. The predicted molar refractivity (Wildman–Crippen MR) is 159 cm³/mol. The van der Waals surface area contributed by atoms with Crippen molar-refractivity contribution < 1.29 is 18.0 Å². The van der Waals surface area contributed by atoms with Gasteiger partial charge in [0.2, 0.25) is 5.91 Å². The third-order valence-electron chi connectivity index (χ3n) is 7.30. The lowest BCUT2D eigenvalue weighted by Crippen LogP contribution is -2.45. The van der Waals surface area contributed by atoms with Gasteiger partial charge in [-0.15, -0.1) is 5.10 Å². The minimum absolute atomic E-state index is 0.0880. The summed E-state index contributed by atoms with van der Waals surface area (Å²) in [6.07, 6.45) is -1.48. The van der Waals surface area contributed by atoms with Crippen LogP contribution in [-0.4, -0.2) is 82.1 Å². The molecular formula is C31H33F3N8O. The smallest absolute Gasteiger partial charge is 0.361 e. The van der Waals surface area contributed by atoms with Crippen LogP contribution in [0.4, 0.5) is 24.7 Å². The quantitative estimate of drug-likeness (QED) is 0.327. The number of carbonyl (C=O) groups excluding carboxylic acids is 1. The molecule has 3 aromatic heterocycles. The van der Waals surface area contributed by atoms with Crippen molar-refractivity contribution in [2.45, 2.75) is 26.1 Å². The highest BCUT2D eigenvalue weighted by atomic mass is 19.4. The molecule has 0 radical (unpaired) electrons. The summed E-state index contributed by atoms with van der Waals surface area (Å²) >= 11 is 0. The van der Waals surface area contributed by atoms with Crippen LogP contribution in [0, 0.1) is 11.8 Å². The van der Waals surface area contributed by atoms with Gasteiger partial charge >= 0.3 is 6.18 Å². The van der Waals surface area contributed by atoms with Gasteiger partial charge in [-0.3, -0.25) is 14.7 Å². The number of imidazole rings is 1. The molecule has 1 amide bonds. The van der Waals surface area contributed by atoms with E-state index in [1.54, 1.807) is 29.0 Å². The van der Waals surface area contributed by atoms with Crippen molar-refractivity contribution in [2.75, 3.05) is 57.0 Å². The van der Waals surface area contributed by atoms with Gasteiger partial charge in [0, 0.05) is 64.3 Å². The number of pyridine rings is 1. The second-order valence-corrected chi connectivity index (χ2v) is 10.6. The van der Waals surface area contributed by atoms with Crippen molar-refractivity contribution in [2.24, 2.45) is 0 Å². The van der Waals surface area contributed by atoms with Gasteiger partial charge in [0.25, 0.3) is 0 Å². The molecule has 4 heterocycles. The Hall–Kier alpha value is -4.47. The fraction of sp³-hybridized carbons (Fsp3) is 0.355. The van der Waals surface area contributed by atoms with Crippen LogP contribution in [0.1, 0.15) is 35.0 Å². The Labute approximate surface area is 248 Å². The van der Waals surface area contributed by atoms with Crippen LogP contribution >= 0.6 is 0 Å². The van der Waals surface area contributed by atoms with E-state index < -0.39 is 17.6 Å². The number of likely N-dealkylation sites (N-methyl/N-ethyl adjacent to an activating group) is 1. The number of piperazine rings is 1. The number of alkyl halides is 3. The summed E-state index contributed by atoms with van der Waals surface area (Å²) in [5.41, 5.74) is 1.88.